The van der Waals surface area contributed by atoms with Crippen LogP contribution in [0.1, 0.15) is 34.1 Å². The van der Waals surface area contributed by atoms with Gasteiger partial charge in [-0.05, 0) is 33.4 Å². The van der Waals surface area contributed by atoms with Crippen molar-refractivity contribution in [2.45, 2.75) is 34.1 Å². The number of allylic oxidation sites excluding steroid dienone is 1. The summed E-state index contributed by atoms with van der Waals surface area (Å²) in [5.41, 5.74) is 1.46. The van der Waals surface area contributed by atoms with E-state index in [1.807, 2.05) is 0 Å². The van der Waals surface area contributed by atoms with E-state index in [-0.39, 0.29) is 0 Å². The van der Waals surface area contributed by atoms with Gasteiger partial charge >= 0.3 is 0 Å². The number of hydrogen-bond donors (Lipinski definition) is 0. The molecule has 0 amide bonds. The summed E-state index contributed by atoms with van der Waals surface area (Å²) in [5.74, 6) is 0. The Hall–Kier alpha value is -0.460. The minimum atomic E-state index is 1.12. The van der Waals surface area contributed by atoms with Gasteiger partial charge in [-0.3, -0.25) is 0 Å². The zero-order valence-electron chi connectivity index (χ0n) is 7.65. The summed E-state index contributed by atoms with van der Waals surface area (Å²) in [7, 11) is 0. The predicted molar refractivity (Wildman–Crippen MR) is 47.0 cm³/mol. The van der Waals surface area contributed by atoms with E-state index in [4.69, 9.17) is 0 Å². The third-order valence-corrected chi connectivity index (χ3v) is 1.77. The lowest BCUT2D eigenvalue weighted by Gasteiger charge is -2.16. The van der Waals surface area contributed by atoms with Crippen molar-refractivity contribution in [1.29, 1.82) is 0 Å². The molecule has 0 saturated heterocycles. The summed E-state index contributed by atoms with van der Waals surface area (Å²) in [4.78, 5) is 2.32. The molecule has 0 N–H and O–H groups in total. The lowest BCUT2D eigenvalue weighted by molar-refractivity contribution is 0.414. The van der Waals surface area contributed by atoms with Gasteiger partial charge in [0.15, 0.2) is 0 Å². The van der Waals surface area contributed by atoms with Crippen LogP contribution in [0, 0.1) is 0 Å². The van der Waals surface area contributed by atoms with E-state index in [9.17, 15) is 0 Å². The fourth-order valence-electron chi connectivity index (χ4n) is 0.809. The second kappa shape index (κ2) is 5.33. The van der Waals surface area contributed by atoms with Crippen molar-refractivity contribution in [1.82, 2.24) is 4.90 Å². The highest BCUT2D eigenvalue weighted by molar-refractivity contribution is 4.95. The Labute approximate surface area is 64.7 Å². The Balaban J connectivity index is 3.80. The van der Waals surface area contributed by atoms with Crippen LogP contribution < -0.4 is 0 Å². The highest BCUT2D eigenvalue weighted by Crippen LogP contribution is 2.00. The van der Waals surface area contributed by atoms with Gasteiger partial charge in [-0.2, -0.15) is 0 Å². The molecule has 0 heterocycles. The van der Waals surface area contributed by atoms with Crippen molar-refractivity contribution in [3.05, 3.63) is 11.8 Å². The van der Waals surface area contributed by atoms with Crippen LogP contribution in [0.25, 0.3) is 0 Å². The fourth-order valence-corrected chi connectivity index (χ4v) is 0.809. The molecule has 0 fully saturated rings. The molecule has 10 heavy (non-hydrogen) atoms. The molecule has 0 aliphatic heterocycles. The highest BCUT2D eigenvalue weighted by Gasteiger charge is 1.90. The first-order valence-corrected chi connectivity index (χ1v) is 4.15. The van der Waals surface area contributed by atoms with Crippen molar-refractivity contribution in [3.63, 3.8) is 0 Å². The third kappa shape index (κ3) is 3.54. The molecule has 0 rings (SSSR count). The molecule has 0 spiro atoms. The third-order valence-electron chi connectivity index (χ3n) is 1.77. The van der Waals surface area contributed by atoms with Crippen molar-refractivity contribution in [2.75, 3.05) is 13.1 Å². The van der Waals surface area contributed by atoms with Gasteiger partial charge in [-0.1, -0.05) is 12.5 Å². The lowest BCUT2D eigenvalue weighted by Crippen LogP contribution is -2.15. The van der Waals surface area contributed by atoms with Gasteiger partial charge in [0.25, 0.3) is 0 Å². The van der Waals surface area contributed by atoms with E-state index in [2.05, 4.69) is 38.8 Å². The molecule has 1 nitrogen and oxygen atoms in total. The molecular weight excluding hydrogens is 122 g/mol. The molecule has 0 aromatic carbocycles. The molecule has 0 aromatic rings. The summed E-state index contributed by atoms with van der Waals surface area (Å²) >= 11 is 0. The molecule has 0 aliphatic rings. The standard InChI is InChI=1S/C9H19N/c1-5-9(4)8-10(6-2)7-3/h8H,5-7H2,1-4H3/b9-8+. The maximum Gasteiger partial charge on any atom is 0.0143 e. The van der Waals surface area contributed by atoms with E-state index in [0.717, 1.165) is 19.5 Å². The van der Waals surface area contributed by atoms with Crippen molar-refractivity contribution < 1.29 is 0 Å². The van der Waals surface area contributed by atoms with E-state index in [0.29, 0.717) is 0 Å². The number of hydrogen-bond acceptors (Lipinski definition) is 1. The van der Waals surface area contributed by atoms with Gasteiger partial charge in [0.2, 0.25) is 0 Å². The fraction of sp³-hybridized carbons (Fsp3) is 0.778. The van der Waals surface area contributed by atoms with Crippen LogP contribution in [-0.4, -0.2) is 18.0 Å². The van der Waals surface area contributed by atoms with Gasteiger partial charge in [-0.15, -0.1) is 0 Å². The number of rotatable bonds is 4. The van der Waals surface area contributed by atoms with Crippen LogP contribution in [-0.2, 0) is 0 Å². The highest BCUT2D eigenvalue weighted by atomic mass is 15.1. The maximum absolute atomic E-state index is 2.32. The Morgan fingerprint density at radius 2 is 1.70 bits per heavy atom. The molecule has 0 radical (unpaired) electrons. The SMILES string of the molecule is CC/C(C)=C/N(CC)CC. The molecule has 1 heteroatoms. The Morgan fingerprint density at radius 3 is 2.00 bits per heavy atom. The first-order chi connectivity index (χ1) is 4.74. The smallest absolute Gasteiger partial charge is 0.0143 e. The first kappa shape index (κ1) is 9.54. The molecule has 0 bridgehead atoms. The summed E-state index contributed by atoms with van der Waals surface area (Å²) in [6.07, 6.45) is 3.41. The quantitative estimate of drug-likeness (QED) is 0.581. The Morgan fingerprint density at radius 1 is 1.20 bits per heavy atom. The monoisotopic (exact) mass is 141 g/mol. The lowest BCUT2D eigenvalue weighted by atomic mass is 10.2. The molecular formula is C9H19N. The summed E-state index contributed by atoms with van der Waals surface area (Å²) in [6.45, 7) is 11.0. The average molecular weight is 141 g/mol. The zero-order chi connectivity index (χ0) is 7.98. The predicted octanol–water partition coefficient (Wildman–Crippen LogP) is 2.64. The van der Waals surface area contributed by atoms with E-state index in [1.54, 1.807) is 0 Å². The molecule has 60 valence electrons. The van der Waals surface area contributed by atoms with Crippen molar-refractivity contribution in [3.8, 4) is 0 Å². The van der Waals surface area contributed by atoms with Crippen LogP contribution in [0.2, 0.25) is 0 Å². The maximum atomic E-state index is 2.32. The minimum Gasteiger partial charge on any atom is -0.378 e. The molecule has 0 aliphatic carbocycles. The van der Waals surface area contributed by atoms with Crippen LogP contribution in [0.4, 0.5) is 0 Å². The first-order valence-electron chi connectivity index (χ1n) is 4.15. The van der Waals surface area contributed by atoms with E-state index >= 15 is 0 Å². The summed E-state index contributed by atoms with van der Waals surface area (Å²) in [5, 5.41) is 0. The average Bonchev–Trinajstić information content (AvgIpc) is 1.99. The van der Waals surface area contributed by atoms with Crippen LogP contribution >= 0.6 is 0 Å². The van der Waals surface area contributed by atoms with Crippen molar-refractivity contribution in [2.24, 2.45) is 0 Å². The van der Waals surface area contributed by atoms with Crippen LogP contribution in [0.3, 0.4) is 0 Å². The van der Waals surface area contributed by atoms with Gasteiger partial charge in [0, 0.05) is 13.1 Å². The van der Waals surface area contributed by atoms with E-state index in [1.165, 1.54) is 5.57 Å². The topological polar surface area (TPSA) is 3.24 Å². The molecule has 0 saturated carbocycles. The van der Waals surface area contributed by atoms with Gasteiger partial charge < -0.3 is 4.90 Å². The van der Waals surface area contributed by atoms with Gasteiger partial charge in [-0.25, -0.2) is 0 Å². The van der Waals surface area contributed by atoms with Crippen LogP contribution in [0.15, 0.2) is 11.8 Å². The Kier molecular flexibility index (Phi) is 5.09. The Bertz CT molecular complexity index is 101. The second-order valence-electron chi connectivity index (χ2n) is 2.55. The summed E-state index contributed by atoms with van der Waals surface area (Å²) in [6, 6.07) is 0. The summed E-state index contributed by atoms with van der Waals surface area (Å²) < 4.78 is 0. The second-order valence-corrected chi connectivity index (χ2v) is 2.55. The van der Waals surface area contributed by atoms with Crippen LogP contribution in [0.5, 0.6) is 0 Å². The molecule has 0 aromatic heterocycles. The number of nitrogens with zero attached hydrogens (tertiary/aromatic N) is 1. The minimum absolute atomic E-state index is 1.12. The van der Waals surface area contributed by atoms with Gasteiger partial charge in [0.1, 0.15) is 0 Å². The molecule has 0 atom stereocenters. The largest absolute Gasteiger partial charge is 0.378 e. The van der Waals surface area contributed by atoms with Gasteiger partial charge in [0.05, 0.1) is 0 Å². The molecule has 0 unspecified atom stereocenters. The van der Waals surface area contributed by atoms with E-state index < -0.39 is 0 Å². The zero-order valence-corrected chi connectivity index (χ0v) is 7.65. The normalized spacial score (nSPS) is 11.8. The van der Waals surface area contributed by atoms with Crippen molar-refractivity contribution >= 4 is 0 Å².